The van der Waals surface area contributed by atoms with Gasteiger partial charge < -0.3 is 14.6 Å². The largest absolute Gasteiger partial charge is 0.481 e. The van der Waals surface area contributed by atoms with Gasteiger partial charge >= 0.3 is 18.0 Å². The van der Waals surface area contributed by atoms with Gasteiger partial charge in [0.05, 0.1) is 0 Å². The van der Waals surface area contributed by atoms with Crippen LogP contribution in [-0.4, -0.2) is 54.3 Å². The first kappa shape index (κ1) is 23.1. The van der Waals surface area contributed by atoms with Crippen LogP contribution in [0.25, 0.3) is 11.1 Å². The van der Waals surface area contributed by atoms with Crippen molar-refractivity contribution in [1.29, 1.82) is 0 Å². The van der Waals surface area contributed by atoms with Crippen molar-refractivity contribution in [2.75, 3.05) is 20.3 Å². The number of aliphatic carboxylic acids is 1. The first-order chi connectivity index (χ1) is 15.4. The second-order valence-electron chi connectivity index (χ2n) is 7.64. The number of fused-ring (bicyclic) bond motifs is 3. The summed E-state index contributed by atoms with van der Waals surface area (Å²) in [5.74, 6) is -1.68. The maximum absolute atomic E-state index is 12.8. The van der Waals surface area contributed by atoms with E-state index in [9.17, 15) is 14.4 Å². The maximum Gasteiger partial charge on any atom is 0.410 e. The van der Waals surface area contributed by atoms with Crippen LogP contribution in [0.15, 0.2) is 61.2 Å². The van der Waals surface area contributed by atoms with E-state index in [2.05, 4.69) is 18.7 Å². The van der Waals surface area contributed by atoms with Gasteiger partial charge in [-0.1, -0.05) is 61.2 Å². The molecule has 7 nitrogen and oxygen atoms in total. The van der Waals surface area contributed by atoms with Crippen molar-refractivity contribution in [3.05, 3.63) is 72.3 Å². The fourth-order valence-electron chi connectivity index (χ4n) is 3.98. The molecule has 7 heteroatoms. The number of carboxylic acids is 1. The second-order valence-corrected chi connectivity index (χ2v) is 7.64. The molecule has 3 rings (SSSR count). The molecule has 0 aromatic heterocycles. The van der Waals surface area contributed by atoms with Gasteiger partial charge in [0, 0.05) is 19.4 Å². The van der Waals surface area contributed by atoms with E-state index < -0.39 is 24.1 Å². The lowest BCUT2D eigenvalue weighted by atomic mass is 9.98. The number of likely N-dealkylation sites (N-methyl/N-ethyl adjacent to an activating group) is 1. The molecule has 2 aromatic rings. The smallest absolute Gasteiger partial charge is 0.410 e. The Morgan fingerprint density at radius 3 is 2.22 bits per heavy atom. The molecule has 1 N–H and O–H groups in total. The van der Waals surface area contributed by atoms with Gasteiger partial charge in [0.2, 0.25) is 0 Å². The lowest BCUT2D eigenvalue weighted by Gasteiger charge is -2.26. The highest BCUT2D eigenvalue weighted by molar-refractivity contribution is 5.82. The predicted molar refractivity (Wildman–Crippen MR) is 119 cm³/mol. The molecule has 0 saturated carbocycles. The molecule has 0 heterocycles. The Hall–Kier alpha value is -3.61. The number of hydrogen-bond donors (Lipinski definition) is 1. The fourth-order valence-corrected chi connectivity index (χ4v) is 3.98. The number of amides is 1. The van der Waals surface area contributed by atoms with Crippen LogP contribution in [0.4, 0.5) is 4.79 Å². The van der Waals surface area contributed by atoms with E-state index in [1.54, 1.807) is 0 Å². The molecule has 1 atom stereocenters. The average molecular weight is 437 g/mol. The Bertz CT molecular complexity index is 956. The molecule has 0 unspecified atom stereocenters. The van der Waals surface area contributed by atoms with E-state index in [1.807, 2.05) is 36.4 Å². The number of carboxylic acid groups (broad SMARTS) is 1. The third-order valence-corrected chi connectivity index (χ3v) is 5.58. The zero-order valence-electron chi connectivity index (χ0n) is 18.0. The summed E-state index contributed by atoms with van der Waals surface area (Å²) in [6, 6.07) is 15.1. The van der Waals surface area contributed by atoms with Gasteiger partial charge in [0.25, 0.3) is 0 Å². The molecule has 0 aliphatic heterocycles. The van der Waals surface area contributed by atoms with Gasteiger partial charge in [0.1, 0.15) is 19.3 Å². The maximum atomic E-state index is 12.8. The zero-order chi connectivity index (χ0) is 23.1. The highest BCUT2D eigenvalue weighted by Gasteiger charge is 2.32. The first-order valence-electron chi connectivity index (χ1n) is 10.5. The molecule has 0 fully saturated rings. The molecule has 1 aliphatic rings. The summed E-state index contributed by atoms with van der Waals surface area (Å²) in [7, 11) is 1.46. The van der Waals surface area contributed by atoms with Gasteiger partial charge in [-0.15, -0.1) is 0 Å². The Balaban J connectivity index is 1.69. The lowest BCUT2D eigenvalue weighted by Crippen LogP contribution is -2.44. The topological polar surface area (TPSA) is 93.1 Å². The van der Waals surface area contributed by atoms with Crippen molar-refractivity contribution in [2.24, 2.45) is 0 Å². The molecule has 0 saturated heterocycles. The average Bonchev–Trinajstić information content (AvgIpc) is 3.12. The van der Waals surface area contributed by atoms with E-state index in [1.165, 1.54) is 18.0 Å². The summed E-state index contributed by atoms with van der Waals surface area (Å²) < 4.78 is 10.7. The second kappa shape index (κ2) is 10.6. The summed E-state index contributed by atoms with van der Waals surface area (Å²) >= 11 is 0. The highest BCUT2D eigenvalue weighted by atomic mass is 16.6. The van der Waals surface area contributed by atoms with Crippen molar-refractivity contribution in [3.63, 3.8) is 0 Å². The number of esters is 1. The molecule has 1 amide bonds. The molecule has 1 aliphatic carbocycles. The number of hydrogen-bond acceptors (Lipinski definition) is 5. The van der Waals surface area contributed by atoms with Crippen LogP contribution < -0.4 is 0 Å². The first-order valence-corrected chi connectivity index (χ1v) is 10.5. The molecular weight excluding hydrogens is 410 g/mol. The van der Waals surface area contributed by atoms with Crippen LogP contribution in [0.5, 0.6) is 0 Å². The summed E-state index contributed by atoms with van der Waals surface area (Å²) in [5.41, 5.74) is 4.43. The normalized spacial score (nSPS) is 12.9. The minimum atomic E-state index is -0.966. The highest BCUT2D eigenvalue weighted by Crippen LogP contribution is 2.44. The monoisotopic (exact) mass is 437 g/mol. The van der Waals surface area contributed by atoms with Gasteiger partial charge in [0.15, 0.2) is 0 Å². The third-order valence-electron chi connectivity index (χ3n) is 5.58. The molecule has 2 aromatic carbocycles. The quantitative estimate of drug-likeness (QED) is 0.442. The van der Waals surface area contributed by atoms with Crippen LogP contribution in [0.3, 0.4) is 0 Å². The summed E-state index contributed by atoms with van der Waals surface area (Å²) in [4.78, 5) is 37.3. The standard InChI is InChI=1S/C25H27NO6/c1-3-15-31-24(29)22(13-8-14-23(27)28)26(2)25(30)32-16-21-19-11-6-4-9-17(19)18-10-5-7-12-20(18)21/h3-7,9-12,21-22H,1,8,13-16H2,2H3,(H,27,28)/t22-/m1/s1. The summed E-state index contributed by atoms with van der Waals surface area (Å²) in [6.45, 7) is 3.64. The SMILES string of the molecule is C=CCOC(=O)[C@@H](CCCC(=O)O)N(C)C(=O)OCC1c2ccccc2-c2ccccc21. The van der Waals surface area contributed by atoms with Crippen LogP contribution in [-0.2, 0) is 19.1 Å². The van der Waals surface area contributed by atoms with Crippen molar-refractivity contribution in [3.8, 4) is 11.1 Å². The number of rotatable bonds is 10. The number of carbonyl (C=O) groups is 3. The number of nitrogens with zero attached hydrogens (tertiary/aromatic N) is 1. The minimum absolute atomic E-state index is 0.00674. The fraction of sp³-hybridized carbons (Fsp3) is 0.320. The Morgan fingerprint density at radius 1 is 1.06 bits per heavy atom. The number of carbonyl (C=O) groups excluding carboxylic acids is 2. The van der Waals surface area contributed by atoms with Gasteiger partial charge in [-0.05, 0) is 35.1 Å². The predicted octanol–water partition coefficient (Wildman–Crippen LogP) is 4.22. The molecule has 0 spiro atoms. The summed E-state index contributed by atoms with van der Waals surface area (Å²) in [5, 5.41) is 8.89. The summed E-state index contributed by atoms with van der Waals surface area (Å²) in [6.07, 6.45) is 1.04. The van der Waals surface area contributed by atoms with Crippen LogP contribution in [0.2, 0.25) is 0 Å². The van der Waals surface area contributed by atoms with Crippen LogP contribution >= 0.6 is 0 Å². The van der Waals surface area contributed by atoms with Gasteiger partial charge in [-0.2, -0.15) is 0 Å². The zero-order valence-corrected chi connectivity index (χ0v) is 18.0. The minimum Gasteiger partial charge on any atom is -0.481 e. The Kier molecular flexibility index (Phi) is 7.65. The Labute approximate surface area is 187 Å². The van der Waals surface area contributed by atoms with E-state index in [0.717, 1.165) is 22.3 Å². The van der Waals surface area contributed by atoms with E-state index in [0.29, 0.717) is 0 Å². The van der Waals surface area contributed by atoms with Gasteiger partial charge in [-0.25, -0.2) is 9.59 Å². The number of ether oxygens (including phenoxy) is 2. The number of benzene rings is 2. The van der Waals surface area contributed by atoms with Crippen LogP contribution in [0, 0.1) is 0 Å². The van der Waals surface area contributed by atoms with Crippen molar-refractivity contribution >= 4 is 18.0 Å². The van der Waals surface area contributed by atoms with Crippen molar-refractivity contribution in [2.45, 2.75) is 31.2 Å². The van der Waals surface area contributed by atoms with Crippen molar-refractivity contribution < 1.29 is 29.0 Å². The van der Waals surface area contributed by atoms with E-state index in [4.69, 9.17) is 14.6 Å². The third kappa shape index (κ3) is 5.17. The molecule has 0 radical (unpaired) electrons. The molecule has 168 valence electrons. The van der Waals surface area contributed by atoms with E-state index in [-0.39, 0.29) is 38.4 Å². The molecular formula is C25H27NO6. The molecule has 0 bridgehead atoms. The Morgan fingerprint density at radius 2 is 1.66 bits per heavy atom. The van der Waals surface area contributed by atoms with E-state index >= 15 is 0 Å². The van der Waals surface area contributed by atoms with Crippen molar-refractivity contribution in [1.82, 2.24) is 4.90 Å². The molecule has 32 heavy (non-hydrogen) atoms. The lowest BCUT2D eigenvalue weighted by molar-refractivity contribution is -0.148. The van der Waals surface area contributed by atoms with Crippen LogP contribution in [0.1, 0.15) is 36.3 Å². The van der Waals surface area contributed by atoms with Gasteiger partial charge in [-0.3, -0.25) is 9.69 Å².